The number of nitrogens with zero attached hydrogens (tertiary/aromatic N) is 1. The zero-order valence-corrected chi connectivity index (χ0v) is 11.1. The molecule has 0 fully saturated rings. The number of aryl methyl sites for hydroxylation is 1. The van der Waals surface area contributed by atoms with E-state index >= 15 is 0 Å². The fourth-order valence-electron chi connectivity index (χ4n) is 1.90. The zero-order valence-electron chi connectivity index (χ0n) is 10.3. The van der Waals surface area contributed by atoms with Crippen molar-refractivity contribution in [3.05, 3.63) is 41.1 Å². The van der Waals surface area contributed by atoms with Crippen molar-refractivity contribution < 1.29 is 0 Å². The van der Waals surface area contributed by atoms with Crippen molar-refractivity contribution >= 4 is 28.1 Å². The fraction of sp³-hybridized carbons (Fsp3) is 0.286. The summed E-state index contributed by atoms with van der Waals surface area (Å²) < 4.78 is 0. The SMILES string of the molecule is Cc1cc(C(N)=S)nc2ccc(C(C)C)cc12. The number of fused-ring (bicyclic) bond motifs is 1. The van der Waals surface area contributed by atoms with Gasteiger partial charge in [-0.25, -0.2) is 4.98 Å². The highest BCUT2D eigenvalue weighted by atomic mass is 32.1. The predicted octanol–water partition coefficient (Wildman–Crippen LogP) is 3.30. The van der Waals surface area contributed by atoms with Crippen molar-refractivity contribution in [2.24, 2.45) is 5.73 Å². The first kappa shape index (κ1) is 12.0. The van der Waals surface area contributed by atoms with Crippen LogP contribution in [0.15, 0.2) is 24.3 Å². The molecule has 0 unspecified atom stereocenters. The molecule has 2 nitrogen and oxygen atoms in total. The Hall–Kier alpha value is -1.48. The van der Waals surface area contributed by atoms with Crippen LogP contribution in [0.4, 0.5) is 0 Å². The third kappa shape index (κ3) is 2.29. The summed E-state index contributed by atoms with van der Waals surface area (Å²) in [6.45, 7) is 6.44. The molecule has 0 radical (unpaired) electrons. The van der Waals surface area contributed by atoms with Gasteiger partial charge in [0.2, 0.25) is 0 Å². The minimum absolute atomic E-state index is 0.350. The van der Waals surface area contributed by atoms with Crippen LogP contribution in [0.5, 0.6) is 0 Å². The molecule has 1 heterocycles. The molecule has 17 heavy (non-hydrogen) atoms. The Morgan fingerprint density at radius 2 is 2.00 bits per heavy atom. The smallest absolute Gasteiger partial charge is 0.122 e. The van der Waals surface area contributed by atoms with Crippen LogP contribution < -0.4 is 5.73 Å². The van der Waals surface area contributed by atoms with E-state index in [-0.39, 0.29) is 0 Å². The van der Waals surface area contributed by atoms with E-state index in [2.05, 4.69) is 37.9 Å². The van der Waals surface area contributed by atoms with Gasteiger partial charge in [-0.15, -0.1) is 0 Å². The van der Waals surface area contributed by atoms with Crippen LogP contribution in [-0.2, 0) is 0 Å². The Labute approximate surface area is 107 Å². The van der Waals surface area contributed by atoms with Crippen LogP contribution in [0.1, 0.15) is 36.6 Å². The second-order valence-electron chi connectivity index (χ2n) is 4.62. The number of pyridine rings is 1. The number of aromatic nitrogens is 1. The van der Waals surface area contributed by atoms with Crippen LogP contribution in [-0.4, -0.2) is 9.97 Å². The summed E-state index contributed by atoms with van der Waals surface area (Å²) in [6, 6.07) is 8.31. The standard InChI is InChI=1S/C14H16N2S/c1-8(2)10-4-5-12-11(7-10)9(3)6-13(16-12)14(15)17/h4-8H,1-3H3,(H2,15,17). The molecular formula is C14H16N2S. The summed E-state index contributed by atoms with van der Waals surface area (Å²) in [4.78, 5) is 4.82. The first-order valence-electron chi connectivity index (χ1n) is 5.70. The number of rotatable bonds is 2. The third-order valence-corrected chi connectivity index (χ3v) is 3.17. The molecule has 0 aliphatic rings. The maximum Gasteiger partial charge on any atom is 0.122 e. The highest BCUT2D eigenvalue weighted by Crippen LogP contribution is 2.23. The Bertz CT molecular complexity index is 588. The lowest BCUT2D eigenvalue weighted by atomic mass is 9.99. The summed E-state index contributed by atoms with van der Waals surface area (Å²) in [7, 11) is 0. The molecule has 0 aliphatic carbocycles. The lowest BCUT2D eigenvalue weighted by molar-refractivity contribution is 0.868. The van der Waals surface area contributed by atoms with Gasteiger partial charge < -0.3 is 5.73 Å². The van der Waals surface area contributed by atoms with Crippen molar-refractivity contribution in [3.63, 3.8) is 0 Å². The topological polar surface area (TPSA) is 38.9 Å². The molecule has 2 aromatic rings. The average molecular weight is 244 g/mol. The largest absolute Gasteiger partial charge is 0.388 e. The van der Waals surface area contributed by atoms with Crippen LogP contribution in [0.25, 0.3) is 10.9 Å². The summed E-state index contributed by atoms with van der Waals surface area (Å²) in [5, 5.41) is 1.18. The zero-order chi connectivity index (χ0) is 12.6. The highest BCUT2D eigenvalue weighted by molar-refractivity contribution is 7.80. The molecule has 3 heteroatoms. The number of hydrogen-bond donors (Lipinski definition) is 1. The second-order valence-corrected chi connectivity index (χ2v) is 5.06. The highest BCUT2D eigenvalue weighted by Gasteiger charge is 2.07. The van der Waals surface area contributed by atoms with E-state index in [1.54, 1.807) is 0 Å². The lowest BCUT2D eigenvalue weighted by Gasteiger charge is -2.09. The number of nitrogens with two attached hydrogens (primary N) is 1. The van der Waals surface area contributed by atoms with Gasteiger partial charge in [0.1, 0.15) is 4.99 Å². The molecule has 1 aromatic heterocycles. The quantitative estimate of drug-likeness (QED) is 0.824. The van der Waals surface area contributed by atoms with Crippen LogP contribution in [0.2, 0.25) is 0 Å². The second kappa shape index (κ2) is 4.41. The molecule has 0 atom stereocenters. The van der Waals surface area contributed by atoms with E-state index in [0.29, 0.717) is 16.6 Å². The summed E-state index contributed by atoms with van der Waals surface area (Å²) in [6.07, 6.45) is 0. The molecule has 88 valence electrons. The number of benzene rings is 1. The minimum atomic E-state index is 0.350. The van der Waals surface area contributed by atoms with E-state index in [1.165, 1.54) is 16.5 Å². The molecule has 1 aromatic carbocycles. The van der Waals surface area contributed by atoms with Crippen molar-refractivity contribution in [2.45, 2.75) is 26.7 Å². The van der Waals surface area contributed by atoms with Gasteiger partial charge in [0.05, 0.1) is 11.2 Å². The Morgan fingerprint density at radius 1 is 1.29 bits per heavy atom. The van der Waals surface area contributed by atoms with Crippen LogP contribution in [0.3, 0.4) is 0 Å². The molecule has 0 saturated carbocycles. The molecule has 0 aliphatic heterocycles. The monoisotopic (exact) mass is 244 g/mol. The maximum absolute atomic E-state index is 5.62. The number of thiocarbonyl (C=S) groups is 1. The van der Waals surface area contributed by atoms with Crippen molar-refractivity contribution in [2.75, 3.05) is 0 Å². The van der Waals surface area contributed by atoms with E-state index in [9.17, 15) is 0 Å². The first-order valence-corrected chi connectivity index (χ1v) is 6.11. The summed E-state index contributed by atoms with van der Waals surface area (Å²) >= 11 is 4.97. The normalized spacial score (nSPS) is 11.1. The molecule has 0 saturated heterocycles. The van der Waals surface area contributed by atoms with Crippen molar-refractivity contribution in [1.82, 2.24) is 4.98 Å². The molecule has 0 amide bonds. The fourth-order valence-corrected chi connectivity index (χ4v) is 2.00. The van der Waals surface area contributed by atoms with Gasteiger partial charge in [-0.3, -0.25) is 0 Å². The molecule has 0 spiro atoms. The summed E-state index contributed by atoms with van der Waals surface area (Å²) in [5.41, 5.74) is 9.76. The van der Waals surface area contributed by atoms with Gasteiger partial charge in [-0.05, 0) is 42.2 Å². The Balaban J connectivity index is 2.68. The average Bonchev–Trinajstić information content (AvgIpc) is 2.28. The number of hydrogen-bond acceptors (Lipinski definition) is 2. The Kier molecular flexibility index (Phi) is 3.11. The van der Waals surface area contributed by atoms with Gasteiger partial charge in [-0.2, -0.15) is 0 Å². The van der Waals surface area contributed by atoms with Gasteiger partial charge in [0, 0.05) is 5.39 Å². The van der Waals surface area contributed by atoms with Gasteiger partial charge >= 0.3 is 0 Å². The van der Waals surface area contributed by atoms with E-state index in [0.717, 1.165) is 5.52 Å². The van der Waals surface area contributed by atoms with E-state index < -0.39 is 0 Å². The van der Waals surface area contributed by atoms with Gasteiger partial charge in [0.25, 0.3) is 0 Å². The molecule has 2 N–H and O–H groups in total. The third-order valence-electron chi connectivity index (χ3n) is 2.96. The summed E-state index contributed by atoms with van der Waals surface area (Å²) in [5.74, 6) is 0.522. The van der Waals surface area contributed by atoms with E-state index in [1.807, 2.05) is 12.1 Å². The first-order chi connectivity index (χ1) is 7.99. The molecular weight excluding hydrogens is 228 g/mol. The van der Waals surface area contributed by atoms with Gasteiger partial charge in [0.15, 0.2) is 0 Å². The van der Waals surface area contributed by atoms with Crippen molar-refractivity contribution in [3.8, 4) is 0 Å². The van der Waals surface area contributed by atoms with E-state index in [4.69, 9.17) is 18.0 Å². The van der Waals surface area contributed by atoms with Crippen LogP contribution >= 0.6 is 12.2 Å². The van der Waals surface area contributed by atoms with Crippen molar-refractivity contribution in [1.29, 1.82) is 0 Å². The lowest BCUT2D eigenvalue weighted by Crippen LogP contribution is -2.12. The molecule has 2 rings (SSSR count). The molecule has 0 bridgehead atoms. The Morgan fingerprint density at radius 3 is 2.59 bits per heavy atom. The van der Waals surface area contributed by atoms with Gasteiger partial charge in [-0.1, -0.05) is 32.1 Å². The predicted molar refractivity (Wildman–Crippen MR) is 76.5 cm³/mol. The minimum Gasteiger partial charge on any atom is -0.388 e. The van der Waals surface area contributed by atoms with Crippen LogP contribution in [0, 0.1) is 6.92 Å². The maximum atomic E-state index is 5.62.